The van der Waals surface area contributed by atoms with Gasteiger partial charge in [-0.05, 0) is 29.8 Å². The zero-order valence-corrected chi connectivity index (χ0v) is 18.7. The van der Waals surface area contributed by atoms with Gasteiger partial charge in [0, 0.05) is 37.0 Å². The number of methoxy groups -OCH3 is 2. The molecule has 0 atom stereocenters. The summed E-state index contributed by atoms with van der Waals surface area (Å²) < 4.78 is 14.8. The second-order valence-electron chi connectivity index (χ2n) is 7.27. The van der Waals surface area contributed by atoms with Crippen molar-refractivity contribution < 1.29 is 19.1 Å². The molecule has 1 aromatic carbocycles. The third kappa shape index (κ3) is 4.10. The molecule has 4 aromatic rings. The molecule has 170 valence electrons. The lowest BCUT2D eigenvalue weighted by molar-refractivity contribution is -0.121. The van der Waals surface area contributed by atoms with E-state index in [-0.39, 0.29) is 23.6 Å². The van der Waals surface area contributed by atoms with E-state index >= 15 is 0 Å². The van der Waals surface area contributed by atoms with Crippen LogP contribution in [0.1, 0.15) is 23.7 Å². The third-order valence-corrected chi connectivity index (χ3v) is 5.23. The van der Waals surface area contributed by atoms with Gasteiger partial charge in [0.1, 0.15) is 5.65 Å². The van der Waals surface area contributed by atoms with Crippen LogP contribution in [0.4, 0.5) is 0 Å². The van der Waals surface area contributed by atoms with Crippen molar-refractivity contribution in [2.45, 2.75) is 13.3 Å². The summed E-state index contributed by atoms with van der Waals surface area (Å²) in [7, 11) is 4.83. The Morgan fingerprint density at radius 2 is 1.82 bits per heavy atom. The Morgan fingerprint density at radius 1 is 1.03 bits per heavy atom. The van der Waals surface area contributed by atoms with E-state index in [0.717, 1.165) is 22.5 Å². The van der Waals surface area contributed by atoms with E-state index in [9.17, 15) is 9.59 Å². The molecule has 0 fully saturated rings. The van der Waals surface area contributed by atoms with E-state index < -0.39 is 5.91 Å². The lowest BCUT2D eigenvalue weighted by atomic mass is 10.1. The number of ether oxygens (including phenoxy) is 2. The van der Waals surface area contributed by atoms with Gasteiger partial charge in [-0.2, -0.15) is 5.10 Å². The number of amides is 2. The quantitative estimate of drug-likeness (QED) is 0.439. The second kappa shape index (κ2) is 9.03. The predicted octanol–water partition coefficient (Wildman–Crippen LogP) is 2.59. The number of nitrogens with one attached hydrogen (secondary N) is 2. The van der Waals surface area contributed by atoms with Crippen molar-refractivity contribution in [1.29, 1.82) is 0 Å². The fourth-order valence-electron chi connectivity index (χ4n) is 3.56. The van der Waals surface area contributed by atoms with Gasteiger partial charge in [0.05, 0.1) is 37.9 Å². The van der Waals surface area contributed by atoms with Crippen molar-refractivity contribution in [3.8, 4) is 33.9 Å². The first-order valence-corrected chi connectivity index (χ1v) is 10.3. The largest absolute Gasteiger partial charge is 0.492 e. The van der Waals surface area contributed by atoms with Crippen LogP contribution in [-0.4, -0.2) is 45.2 Å². The molecular formula is C23H24N6O4. The topological polar surface area (TPSA) is 112 Å². The standard InChI is InChI=1S/C23H24N6O4/c1-5-20(30)26-27-23(31)17-7-6-16(21(32-3)22(17)33-4)18-12-24-19-10-14(8-9-29(18)19)15-11-25-28(2)13-15/h6-13H,5H2,1-4H3,(H,26,30)(H,27,31). The maximum absolute atomic E-state index is 12.6. The highest BCUT2D eigenvalue weighted by molar-refractivity contribution is 6.00. The number of fused-ring (bicyclic) bond motifs is 1. The molecule has 0 aliphatic rings. The van der Waals surface area contributed by atoms with Gasteiger partial charge in [-0.3, -0.25) is 29.5 Å². The first kappa shape index (κ1) is 21.9. The summed E-state index contributed by atoms with van der Waals surface area (Å²) in [5.41, 5.74) is 9.17. The molecule has 0 spiro atoms. The average molecular weight is 448 g/mol. The maximum atomic E-state index is 12.6. The number of pyridine rings is 1. The summed E-state index contributed by atoms with van der Waals surface area (Å²) in [6.07, 6.45) is 7.65. The summed E-state index contributed by atoms with van der Waals surface area (Å²) >= 11 is 0. The van der Waals surface area contributed by atoms with Crippen LogP contribution in [0.25, 0.3) is 28.0 Å². The van der Waals surface area contributed by atoms with Crippen molar-refractivity contribution in [1.82, 2.24) is 30.0 Å². The Hall–Kier alpha value is -4.34. The number of benzene rings is 1. The molecule has 10 heteroatoms. The summed E-state index contributed by atoms with van der Waals surface area (Å²) in [5.74, 6) is -0.190. The van der Waals surface area contributed by atoms with Crippen LogP contribution in [0.5, 0.6) is 11.5 Å². The Labute approximate surface area is 190 Å². The van der Waals surface area contributed by atoms with E-state index in [1.165, 1.54) is 14.2 Å². The summed E-state index contributed by atoms with van der Waals surface area (Å²) in [6, 6.07) is 7.34. The zero-order chi connectivity index (χ0) is 23.5. The number of hydrazine groups is 1. The Morgan fingerprint density at radius 3 is 2.48 bits per heavy atom. The molecule has 4 rings (SSSR count). The molecule has 0 saturated heterocycles. The Balaban J connectivity index is 1.74. The highest BCUT2D eigenvalue weighted by atomic mass is 16.5. The number of imidazole rings is 1. The lowest BCUT2D eigenvalue weighted by Crippen LogP contribution is -2.41. The van der Waals surface area contributed by atoms with Crippen LogP contribution in [0.2, 0.25) is 0 Å². The minimum atomic E-state index is -0.516. The van der Waals surface area contributed by atoms with Crippen molar-refractivity contribution in [2.75, 3.05) is 14.2 Å². The Bertz CT molecular complexity index is 1340. The van der Waals surface area contributed by atoms with Gasteiger partial charge in [0.2, 0.25) is 5.91 Å². The molecule has 0 radical (unpaired) electrons. The molecule has 2 amide bonds. The van der Waals surface area contributed by atoms with E-state index in [4.69, 9.17) is 9.47 Å². The molecule has 0 unspecified atom stereocenters. The van der Waals surface area contributed by atoms with Crippen LogP contribution >= 0.6 is 0 Å². The van der Waals surface area contributed by atoms with Crippen molar-refractivity contribution in [2.24, 2.45) is 7.05 Å². The molecule has 0 aliphatic carbocycles. The van der Waals surface area contributed by atoms with Crippen LogP contribution in [0, 0.1) is 0 Å². The predicted molar refractivity (Wildman–Crippen MR) is 122 cm³/mol. The van der Waals surface area contributed by atoms with Gasteiger partial charge in [0.25, 0.3) is 5.91 Å². The van der Waals surface area contributed by atoms with Crippen LogP contribution in [-0.2, 0) is 11.8 Å². The normalized spacial score (nSPS) is 10.8. The SMILES string of the molecule is CCC(=O)NNC(=O)c1ccc(-c2cnc3cc(-c4cnn(C)c4)ccn23)c(OC)c1OC. The maximum Gasteiger partial charge on any atom is 0.273 e. The number of carbonyl (C=O) groups is 2. The zero-order valence-electron chi connectivity index (χ0n) is 18.7. The monoisotopic (exact) mass is 448 g/mol. The summed E-state index contributed by atoms with van der Waals surface area (Å²) in [4.78, 5) is 28.6. The number of hydrogen-bond donors (Lipinski definition) is 2. The van der Waals surface area contributed by atoms with Crippen LogP contribution < -0.4 is 20.3 Å². The molecule has 3 aromatic heterocycles. The van der Waals surface area contributed by atoms with Gasteiger partial charge in [-0.15, -0.1) is 0 Å². The number of aryl methyl sites for hydroxylation is 1. The van der Waals surface area contributed by atoms with Gasteiger partial charge < -0.3 is 9.47 Å². The first-order chi connectivity index (χ1) is 16.0. The van der Waals surface area contributed by atoms with Gasteiger partial charge >= 0.3 is 0 Å². The number of carbonyl (C=O) groups excluding carboxylic acids is 2. The molecular weight excluding hydrogens is 424 g/mol. The van der Waals surface area contributed by atoms with Gasteiger partial charge in [0.15, 0.2) is 11.5 Å². The second-order valence-corrected chi connectivity index (χ2v) is 7.27. The third-order valence-electron chi connectivity index (χ3n) is 5.23. The first-order valence-electron chi connectivity index (χ1n) is 10.3. The van der Waals surface area contributed by atoms with Crippen molar-refractivity contribution in [3.63, 3.8) is 0 Å². The van der Waals surface area contributed by atoms with E-state index in [1.54, 1.807) is 36.1 Å². The molecule has 33 heavy (non-hydrogen) atoms. The smallest absolute Gasteiger partial charge is 0.273 e. The van der Waals surface area contributed by atoms with E-state index in [1.807, 2.05) is 36.0 Å². The fourth-order valence-corrected chi connectivity index (χ4v) is 3.56. The number of rotatable bonds is 6. The molecule has 3 heterocycles. The highest BCUT2D eigenvalue weighted by Crippen LogP contribution is 2.41. The van der Waals surface area contributed by atoms with Crippen LogP contribution in [0.3, 0.4) is 0 Å². The summed E-state index contributed by atoms with van der Waals surface area (Å²) in [5, 5.41) is 4.22. The van der Waals surface area contributed by atoms with E-state index in [2.05, 4.69) is 20.9 Å². The highest BCUT2D eigenvalue weighted by Gasteiger charge is 2.22. The van der Waals surface area contributed by atoms with Crippen LogP contribution in [0.15, 0.2) is 49.1 Å². The van der Waals surface area contributed by atoms with Gasteiger partial charge in [-0.25, -0.2) is 4.98 Å². The average Bonchev–Trinajstić information content (AvgIpc) is 3.46. The molecule has 10 nitrogen and oxygen atoms in total. The van der Waals surface area contributed by atoms with E-state index in [0.29, 0.717) is 11.3 Å². The minimum absolute atomic E-state index is 0.224. The molecule has 0 saturated carbocycles. The molecule has 0 bridgehead atoms. The van der Waals surface area contributed by atoms with Gasteiger partial charge in [-0.1, -0.05) is 6.92 Å². The lowest BCUT2D eigenvalue weighted by Gasteiger charge is -2.16. The summed E-state index contributed by atoms with van der Waals surface area (Å²) in [6.45, 7) is 1.69. The number of aromatic nitrogens is 4. The van der Waals surface area contributed by atoms with Crippen molar-refractivity contribution in [3.05, 3.63) is 54.6 Å². The van der Waals surface area contributed by atoms with Crippen molar-refractivity contribution >= 4 is 17.5 Å². The fraction of sp³-hybridized carbons (Fsp3) is 0.217. The number of nitrogens with zero attached hydrogens (tertiary/aromatic N) is 4. The molecule has 2 N–H and O–H groups in total. The molecule has 0 aliphatic heterocycles. The number of hydrogen-bond acceptors (Lipinski definition) is 6. The Kier molecular flexibility index (Phi) is 5.99. The minimum Gasteiger partial charge on any atom is -0.492 e.